The second-order valence-corrected chi connectivity index (χ2v) is 1.61. The van der Waals surface area contributed by atoms with Crippen molar-refractivity contribution in [3.63, 3.8) is 0 Å². The molecule has 1 saturated carbocycles. The van der Waals surface area contributed by atoms with Crippen LogP contribution in [0.25, 0.3) is 0 Å². The Bertz CT molecular complexity index is 48.7. The first-order valence-corrected chi connectivity index (χ1v) is 1.95. The van der Waals surface area contributed by atoms with Gasteiger partial charge in [-0.05, 0) is 12.8 Å². The summed E-state index contributed by atoms with van der Waals surface area (Å²) in [6, 6.07) is 0. The van der Waals surface area contributed by atoms with Crippen LogP contribution in [0.2, 0.25) is 0 Å². The van der Waals surface area contributed by atoms with Crippen molar-refractivity contribution in [3.8, 4) is 0 Å². The normalized spacial score (nSPS) is 57.6. The maximum atomic E-state index is 4.97. The molecule has 0 spiro atoms. The average molecular weight is 69.1 g/mol. The predicted molar refractivity (Wildman–Crippen MR) is 17.6 cm³/mol. The molecule has 1 radical (unpaired) electrons. The van der Waals surface area contributed by atoms with Crippen molar-refractivity contribution < 1.29 is 4.74 Å². The van der Waals surface area contributed by atoms with Crippen molar-refractivity contribution in [1.82, 2.24) is 0 Å². The fourth-order valence-electron chi connectivity index (χ4n) is 0.626. The minimum atomic E-state index is 0.606. The molecule has 2 atom stereocenters. The van der Waals surface area contributed by atoms with Crippen LogP contribution in [-0.4, -0.2) is 12.2 Å². The van der Waals surface area contributed by atoms with E-state index in [-0.39, 0.29) is 0 Å². The second-order valence-electron chi connectivity index (χ2n) is 1.61. The third-order valence-electron chi connectivity index (χ3n) is 1.22. The van der Waals surface area contributed by atoms with Gasteiger partial charge < -0.3 is 4.74 Å². The van der Waals surface area contributed by atoms with Gasteiger partial charge in [0.15, 0.2) is 0 Å². The van der Waals surface area contributed by atoms with Gasteiger partial charge in [0.2, 0.25) is 0 Å². The van der Waals surface area contributed by atoms with Crippen molar-refractivity contribution in [3.05, 3.63) is 6.42 Å². The molecule has 1 nitrogen and oxygen atoms in total. The molecule has 0 aromatic carbocycles. The number of fused-ring (bicyclic) bond motifs is 1. The molecule has 27 valence electrons. The lowest BCUT2D eigenvalue weighted by Gasteiger charge is -1.96. The minimum absolute atomic E-state index is 0.606. The molecule has 1 aliphatic carbocycles. The monoisotopic (exact) mass is 69.0 g/mol. The van der Waals surface area contributed by atoms with Gasteiger partial charge >= 0.3 is 0 Å². The lowest BCUT2D eigenvalue weighted by atomic mass is 10.0. The van der Waals surface area contributed by atoms with E-state index in [0.29, 0.717) is 12.2 Å². The smallest absolute Gasteiger partial charge is 0.0874 e. The van der Waals surface area contributed by atoms with Gasteiger partial charge in [-0.15, -0.1) is 0 Å². The quantitative estimate of drug-likeness (QED) is 0.374. The van der Waals surface area contributed by atoms with E-state index in [1.165, 1.54) is 6.42 Å². The maximum Gasteiger partial charge on any atom is 0.0874 e. The largest absolute Gasteiger partial charge is 0.369 e. The van der Waals surface area contributed by atoms with E-state index in [1.54, 1.807) is 0 Å². The molecule has 0 amide bonds. The van der Waals surface area contributed by atoms with Crippen molar-refractivity contribution in [2.75, 3.05) is 0 Å². The van der Waals surface area contributed by atoms with Crippen LogP contribution in [0.5, 0.6) is 0 Å². The highest BCUT2D eigenvalue weighted by molar-refractivity contribution is 5.09. The third kappa shape index (κ3) is 0.127. The summed E-state index contributed by atoms with van der Waals surface area (Å²) in [5.74, 6) is 0. The van der Waals surface area contributed by atoms with Gasteiger partial charge in [-0.3, -0.25) is 0 Å². The molecular weight excluding hydrogens is 64.0 g/mol. The first-order valence-electron chi connectivity index (χ1n) is 1.95. The molecule has 2 rings (SSSR count). The number of epoxide rings is 1. The van der Waals surface area contributed by atoms with Crippen LogP contribution in [0.1, 0.15) is 6.42 Å². The Morgan fingerprint density at radius 1 is 1.80 bits per heavy atom. The summed E-state index contributed by atoms with van der Waals surface area (Å²) in [4.78, 5) is 0. The average Bonchev–Trinajstić information content (AvgIpc) is 1.74. The standard InChI is InChI=1S/C4H5O/c1-2-4-3(1)5-4/h1,3-4H,2H2. The Morgan fingerprint density at radius 3 is 2.60 bits per heavy atom. The van der Waals surface area contributed by atoms with Gasteiger partial charge in [-0.25, -0.2) is 0 Å². The fourth-order valence-corrected chi connectivity index (χ4v) is 0.626. The summed E-state index contributed by atoms with van der Waals surface area (Å²) in [7, 11) is 0. The van der Waals surface area contributed by atoms with E-state index < -0.39 is 0 Å². The SMILES string of the molecule is [CH]1CC2OC12. The first kappa shape index (κ1) is 2.19. The molecule has 0 bridgehead atoms. The van der Waals surface area contributed by atoms with E-state index >= 15 is 0 Å². The summed E-state index contributed by atoms with van der Waals surface area (Å²) in [5, 5.41) is 0. The fraction of sp³-hybridized carbons (Fsp3) is 0.750. The Labute approximate surface area is 30.9 Å². The highest BCUT2D eigenvalue weighted by atomic mass is 16.6. The van der Waals surface area contributed by atoms with Crippen LogP contribution in [0.15, 0.2) is 0 Å². The van der Waals surface area contributed by atoms with Gasteiger partial charge in [-0.2, -0.15) is 0 Å². The van der Waals surface area contributed by atoms with E-state index in [0.717, 1.165) is 0 Å². The first-order chi connectivity index (χ1) is 2.47. The molecule has 2 aliphatic rings. The Morgan fingerprint density at radius 2 is 2.60 bits per heavy atom. The molecule has 1 saturated heterocycles. The van der Waals surface area contributed by atoms with Gasteiger partial charge in [0.1, 0.15) is 0 Å². The molecule has 1 heteroatoms. The van der Waals surface area contributed by atoms with Crippen LogP contribution in [0.3, 0.4) is 0 Å². The molecule has 5 heavy (non-hydrogen) atoms. The molecule has 0 aromatic heterocycles. The summed E-state index contributed by atoms with van der Waals surface area (Å²) >= 11 is 0. The third-order valence-corrected chi connectivity index (χ3v) is 1.22. The molecule has 1 heterocycles. The van der Waals surface area contributed by atoms with Gasteiger partial charge in [-0.1, -0.05) is 0 Å². The van der Waals surface area contributed by atoms with Crippen LogP contribution < -0.4 is 0 Å². The zero-order valence-corrected chi connectivity index (χ0v) is 2.85. The Balaban J connectivity index is 2.19. The topological polar surface area (TPSA) is 12.5 Å². The van der Waals surface area contributed by atoms with Crippen LogP contribution >= 0.6 is 0 Å². The van der Waals surface area contributed by atoms with Crippen molar-refractivity contribution in [2.24, 2.45) is 0 Å². The predicted octanol–water partition coefficient (Wildman–Crippen LogP) is 0.362. The van der Waals surface area contributed by atoms with Crippen LogP contribution in [-0.2, 0) is 4.74 Å². The van der Waals surface area contributed by atoms with Crippen molar-refractivity contribution >= 4 is 0 Å². The van der Waals surface area contributed by atoms with Crippen molar-refractivity contribution in [2.45, 2.75) is 18.6 Å². The minimum Gasteiger partial charge on any atom is -0.369 e. The van der Waals surface area contributed by atoms with Crippen LogP contribution in [0, 0.1) is 6.42 Å². The summed E-state index contributed by atoms with van der Waals surface area (Å²) in [5.41, 5.74) is 0. The molecule has 0 aromatic rings. The summed E-state index contributed by atoms with van der Waals surface area (Å²) < 4.78 is 4.97. The number of rotatable bonds is 0. The molecular formula is C4H5O. The van der Waals surface area contributed by atoms with Gasteiger partial charge in [0, 0.05) is 0 Å². The second kappa shape index (κ2) is 0.432. The number of ether oxygens (including phenoxy) is 1. The molecule has 1 aliphatic heterocycles. The molecule has 0 N–H and O–H groups in total. The lowest BCUT2D eigenvalue weighted by molar-refractivity contribution is 0.420. The zero-order chi connectivity index (χ0) is 3.28. The molecule has 2 fully saturated rings. The van der Waals surface area contributed by atoms with Gasteiger partial charge in [0.05, 0.1) is 12.2 Å². The summed E-state index contributed by atoms with van der Waals surface area (Å²) in [6.45, 7) is 0. The van der Waals surface area contributed by atoms with Gasteiger partial charge in [0.25, 0.3) is 0 Å². The van der Waals surface area contributed by atoms with Crippen molar-refractivity contribution in [1.29, 1.82) is 0 Å². The lowest BCUT2D eigenvalue weighted by Crippen LogP contribution is -2.06. The van der Waals surface area contributed by atoms with Crippen LogP contribution in [0.4, 0.5) is 0 Å². The Hall–Kier alpha value is -0.0400. The molecule has 2 unspecified atom stereocenters. The maximum absolute atomic E-state index is 4.97. The number of hydrogen-bond acceptors (Lipinski definition) is 1. The van der Waals surface area contributed by atoms with E-state index in [2.05, 4.69) is 6.42 Å². The number of hydrogen-bond donors (Lipinski definition) is 0. The highest BCUT2D eigenvalue weighted by Gasteiger charge is 2.47. The van der Waals surface area contributed by atoms with E-state index in [1.807, 2.05) is 0 Å². The zero-order valence-electron chi connectivity index (χ0n) is 2.85. The van der Waals surface area contributed by atoms with E-state index in [9.17, 15) is 0 Å². The summed E-state index contributed by atoms with van der Waals surface area (Å²) in [6.07, 6.45) is 4.69. The Kier molecular flexibility index (Phi) is 0.189. The van der Waals surface area contributed by atoms with E-state index in [4.69, 9.17) is 4.74 Å². The highest BCUT2D eigenvalue weighted by Crippen LogP contribution is 2.39.